The number of carbonyl (C=O) groups excluding carboxylic acids is 1. The first-order valence-corrected chi connectivity index (χ1v) is 10.8. The van der Waals surface area contributed by atoms with E-state index < -0.39 is 37.3 Å². The van der Waals surface area contributed by atoms with Crippen LogP contribution >= 0.6 is 0 Å². The van der Waals surface area contributed by atoms with Crippen molar-refractivity contribution in [3.8, 4) is 0 Å². The lowest BCUT2D eigenvalue weighted by atomic mass is 9.99. The molecule has 9 nitrogen and oxygen atoms in total. The molecule has 2 heterocycles. The van der Waals surface area contributed by atoms with E-state index in [1.165, 1.54) is 0 Å². The third-order valence-electron chi connectivity index (χ3n) is 5.60. The zero-order chi connectivity index (χ0) is 21.2. The molecule has 2 fully saturated rings. The van der Waals surface area contributed by atoms with Gasteiger partial charge >= 0.3 is 0 Å². The molecule has 2 rings (SSSR count). The van der Waals surface area contributed by atoms with Crippen molar-refractivity contribution >= 4 is 5.91 Å². The van der Waals surface area contributed by atoms with Gasteiger partial charge in [0.2, 0.25) is 5.91 Å². The number of hydrogen-bond acceptors (Lipinski definition) is 8. The van der Waals surface area contributed by atoms with Crippen molar-refractivity contribution in [2.75, 3.05) is 19.8 Å². The monoisotopic (exact) mass is 419 g/mol. The summed E-state index contributed by atoms with van der Waals surface area (Å²) in [7, 11) is 0. The highest BCUT2D eigenvalue weighted by Gasteiger charge is 2.43. The Morgan fingerprint density at radius 2 is 1.79 bits per heavy atom. The molecule has 0 aromatic carbocycles. The van der Waals surface area contributed by atoms with E-state index in [1.807, 2.05) is 0 Å². The minimum atomic E-state index is -1.45. The standard InChI is InChI=1S/C20H37NO8/c1-2-13-8-9-14(28-13)6-5-10-21-16(23)7-3-4-11-27-20-19(26)18(25)17(24)15(12-22)29-20/h13-15,17-20,22,24-26H,2-12H2,1H3,(H,21,23)/t13-,14+,15-,17-,18+,19+,20+/m1/s1. The van der Waals surface area contributed by atoms with E-state index in [-0.39, 0.29) is 12.5 Å². The van der Waals surface area contributed by atoms with Gasteiger partial charge in [-0.15, -0.1) is 0 Å². The van der Waals surface area contributed by atoms with Crippen LogP contribution in [-0.2, 0) is 19.0 Å². The van der Waals surface area contributed by atoms with E-state index in [1.54, 1.807) is 0 Å². The molecule has 2 aliphatic heterocycles. The number of ether oxygens (including phenoxy) is 3. The molecular formula is C20H37NO8. The van der Waals surface area contributed by atoms with Crippen molar-refractivity contribution in [3.05, 3.63) is 0 Å². The van der Waals surface area contributed by atoms with Gasteiger partial charge in [-0.2, -0.15) is 0 Å². The van der Waals surface area contributed by atoms with E-state index in [0.717, 1.165) is 32.1 Å². The molecule has 0 aromatic heterocycles. The fraction of sp³-hybridized carbons (Fsp3) is 0.950. The third-order valence-corrected chi connectivity index (χ3v) is 5.60. The summed E-state index contributed by atoms with van der Waals surface area (Å²) in [4.78, 5) is 11.9. The molecule has 1 amide bonds. The summed E-state index contributed by atoms with van der Waals surface area (Å²) in [6.45, 7) is 2.53. The van der Waals surface area contributed by atoms with Crippen LogP contribution in [0, 0.1) is 0 Å². The van der Waals surface area contributed by atoms with Gasteiger partial charge in [0, 0.05) is 19.6 Å². The summed E-state index contributed by atoms with van der Waals surface area (Å²) in [5.74, 6) is -0.00313. The highest BCUT2D eigenvalue weighted by atomic mass is 16.7. The first-order valence-electron chi connectivity index (χ1n) is 10.8. The van der Waals surface area contributed by atoms with Gasteiger partial charge in [-0.25, -0.2) is 0 Å². The van der Waals surface area contributed by atoms with E-state index in [9.17, 15) is 20.1 Å². The Balaban J connectivity index is 1.49. The molecule has 0 unspecified atom stereocenters. The lowest BCUT2D eigenvalue weighted by Gasteiger charge is -2.39. The van der Waals surface area contributed by atoms with Gasteiger partial charge in [0.25, 0.3) is 0 Å². The number of rotatable bonds is 12. The minimum absolute atomic E-state index is 0.00313. The average Bonchev–Trinajstić information content (AvgIpc) is 3.19. The smallest absolute Gasteiger partial charge is 0.219 e. The summed E-state index contributed by atoms with van der Waals surface area (Å²) in [6, 6.07) is 0. The molecule has 0 aromatic rings. The number of nitrogens with one attached hydrogen (secondary N) is 1. The highest BCUT2D eigenvalue weighted by Crippen LogP contribution is 2.24. The van der Waals surface area contributed by atoms with Gasteiger partial charge in [-0.05, 0) is 44.9 Å². The summed E-state index contributed by atoms with van der Waals surface area (Å²) in [6.07, 6.45) is 1.18. The molecule has 170 valence electrons. The minimum Gasteiger partial charge on any atom is -0.394 e. The molecule has 5 N–H and O–H groups in total. The largest absolute Gasteiger partial charge is 0.394 e. The maximum Gasteiger partial charge on any atom is 0.219 e. The quantitative estimate of drug-likeness (QED) is 0.275. The fourth-order valence-corrected chi connectivity index (χ4v) is 3.73. The number of hydrogen-bond donors (Lipinski definition) is 5. The van der Waals surface area contributed by atoms with Crippen LogP contribution in [-0.4, -0.2) is 89.0 Å². The van der Waals surface area contributed by atoms with Gasteiger partial charge in [-0.1, -0.05) is 6.92 Å². The van der Waals surface area contributed by atoms with E-state index >= 15 is 0 Å². The lowest BCUT2D eigenvalue weighted by molar-refractivity contribution is -0.301. The van der Waals surface area contributed by atoms with Crippen molar-refractivity contribution in [2.45, 2.75) is 101 Å². The second-order valence-electron chi connectivity index (χ2n) is 7.88. The van der Waals surface area contributed by atoms with Crippen LogP contribution in [0.15, 0.2) is 0 Å². The second-order valence-corrected chi connectivity index (χ2v) is 7.88. The molecular weight excluding hydrogens is 382 g/mol. The Labute approximate surface area is 172 Å². The third kappa shape index (κ3) is 7.75. The molecule has 0 radical (unpaired) electrons. The van der Waals surface area contributed by atoms with Crippen LogP contribution in [0.4, 0.5) is 0 Å². The van der Waals surface area contributed by atoms with Gasteiger partial charge < -0.3 is 40.0 Å². The molecule has 0 spiro atoms. The SMILES string of the molecule is CC[C@@H]1CC[C@H](CCCNC(=O)CCCCO[C@H]2O[C@H](CO)[C@@H](O)[C@H](O)[C@@H]2O)O1. The molecule has 9 heteroatoms. The highest BCUT2D eigenvalue weighted by molar-refractivity contribution is 5.75. The Morgan fingerprint density at radius 3 is 2.48 bits per heavy atom. The van der Waals surface area contributed by atoms with E-state index in [4.69, 9.17) is 19.3 Å². The Morgan fingerprint density at radius 1 is 1.03 bits per heavy atom. The summed E-state index contributed by atoms with van der Waals surface area (Å²) in [5, 5.41) is 41.4. The van der Waals surface area contributed by atoms with Gasteiger partial charge in [0.05, 0.1) is 18.8 Å². The van der Waals surface area contributed by atoms with E-state index in [2.05, 4.69) is 12.2 Å². The van der Waals surface area contributed by atoms with Gasteiger partial charge in [0.1, 0.15) is 24.4 Å². The molecule has 0 saturated carbocycles. The van der Waals surface area contributed by atoms with E-state index in [0.29, 0.717) is 38.0 Å². The molecule has 29 heavy (non-hydrogen) atoms. The first kappa shape index (κ1) is 24.5. The summed E-state index contributed by atoms with van der Waals surface area (Å²) in [5.41, 5.74) is 0. The molecule has 0 aliphatic carbocycles. The van der Waals surface area contributed by atoms with Crippen molar-refractivity contribution < 1.29 is 39.4 Å². The Bertz CT molecular complexity index is 477. The lowest BCUT2D eigenvalue weighted by Crippen LogP contribution is -2.59. The number of aliphatic hydroxyl groups excluding tert-OH is 4. The fourth-order valence-electron chi connectivity index (χ4n) is 3.73. The predicted octanol–water partition coefficient (Wildman–Crippen LogP) is -0.173. The van der Waals surface area contributed by atoms with Crippen LogP contribution in [0.2, 0.25) is 0 Å². The Hall–Kier alpha value is -0.810. The zero-order valence-corrected chi connectivity index (χ0v) is 17.2. The van der Waals surface area contributed by atoms with Crippen molar-refractivity contribution in [1.29, 1.82) is 0 Å². The number of unbranched alkanes of at least 4 members (excludes halogenated alkanes) is 1. The maximum absolute atomic E-state index is 11.9. The number of aliphatic hydroxyl groups is 4. The maximum atomic E-state index is 11.9. The first-order chi connectivity index (χ1) is 14.0. The second kappa shape index (κ2) is 12.8. The van der Waals surface area contributed by atoms with Crippen LogP contribution in [0.25, 0.3) is 0 Å². The van der Waals surface area contributed by atoms with Crippen molar-refractivity contribution in [1.82, 2.24) is 5.32 Å². The summed E-state index contributed by atoms with van der Waals surface area (Å²) >= 11 is 0. The van der Waals surface area contributed by atoms with Crippen LogP contribution < -0.4 is 5.32 Å². The zero-order valence-electron chi connectivity index (χ0n) is 17.2. The molecule has 7 atom stereocenters. The molecule has 2 aliphatic rings. The van der Waals surface area contributed by atoms with Gasteiger partial charge in [0.15, 0.2) is 6.29 Å². The summed E-state index contributed by atoms with van der Waals surface area (Å²) < 4.78 is 16.6. The Kier molecular flexibility index (Phi) is 10.8. The number of amides is 1. The number of carbonyl (C=O) groups is 1. The van der Waals surface area contributed by atoms with Crippen LogP contribution in [0.1, 0.15) is 58.3 Å². The van der Waals surface area contributed by atoms with Crippen LogP contribution in [0.3, 0.4) is 0 Å². The topological polar surface area (TPSA) is 138 Å². The molecule has 0 bridgehead atoms. The molecule has 2 saturated heterocycles. The average molecular weight is 420 g/mol. The normalized spacial score (nSPS) is 35.0. The van der Waals surface area contributed by atoms with Gasteiger partial charge in [-0.3, -0.25) is 4.79 Å². The van der Waals surface area contributed by atoms with Crippen molar-refractivity contribution in [2.24, 2.45) is 0 Å². The van der Waals surface area contributed by atoms with Crippen molar-refractivity contribution in [3.63, 3.8) is 0 Å². The van der Waals surface area contributed by atoms with Crippen LogP contribution in [0.5, 0.6) is 0 Å². The predicted molar refractivity (Wildman–Crippen MR) is 104 cm³/mol.